The highest BCUT2D eigenvalue weighted by Gasteiger charge is 2.38. The number of halogens is 9. The van der Waals surface area contributed by atoms with Gasteiger partial charge in [-0.05, 0) is 203 Å². The predicted octanol–water partition coefficient (Wildman–Crippen LogP) is 3.29. The van der Waals surface area contributed by atoms with Gasteiger partial charge in [0.2, 0.25) is 0 Å². The summed E-state index contributed by atoms with van der Waals surface area (Å²) < 4.78 is 70.2. The Labute approximate surface area is 696 Å². The summed E-state index contributed by atoms with van der Waals surface area (Å²) in [6, 6.07) is -3.25. The SMILES string of the molecule is COCCOCCOCCOc1c(I)c(C(=O)NC(CO)CO)c(I)c(C(=O)N2CCN(C(=O)c3c(I)c(OCCOCCOCCOC)c(I)c(C(=O)NC(CO)CO)c3I)CCN(C(=O)c3c(I)c(OCCOCCOCCOC)c(I)c(C(=O)NC(CO)CO)c3I)CC2)c1I. The molecule has 0 unspecified atom stereocenters. The second kappa shape index (κ2) is 50.5. The molecule has 1 heterocycles. The van der Waals surface area contributed by atoms with Crippen molar-refractivity contribution in [2.75, 3.05) is 219 Å². The number of aliphatic hydroxyl groups excluding tert-OH is 6. The van der Waals surface area contributed by atoms with Gasteiger partial charge in [-0.15, -0.1) is 0 Å². The van der Waals surface area contributed by atoms with Crippen molar-refractivity contribution in [2.24, 2.45) is 0 Å². The van der Waals surface area contributed by atoms with Crippen molar-refractivity contribution in [3.05, 3.63) is 65.5 Å². The lowest BCUT2D eigenvalue weighted by molar-refractivity contribution is 0.0178. The highest BCUT2D eigenvalue weighted by molar-refractivity contribution is 14.1. The summed E-state index contributed by atoms with van der Waals surface area (Å²) >= 11 is 17.4. The molecule has 0 bridgehead atoms. The van der Waals surface area contributed by atoms with E-state index >= 15 is 14.4 Å². The van der Waals surface area contributed by atoms with E-state index in [0.717, 1.165) is 0 Å². The summed E-state index contributed by atoms with van der Waals surface area (Å²) in [4.78, 5) is 95.1. The van der Waals surface area contributed by atoms with Crippen LogP contribution in [0.2, 0.25) is 0 Å². The molecule has 0 atom stereocenters. The van der Waals surface area contributed by atoms with Gasteiger partial charge in [-0.2, -0.15) is 0 Å². The molecule has 0 aliphatic carbocycles. The Morgan fingerprint density at radius 1 is 0.303 bits per heavy atom. The molecular formula is C60H81I9N6O24. The van der Waals surface area contributed by atoms with Crippen LogP contribution in [-0.4, -0.2) is 318 Å². The maximum absolute atomic E-state index is 15.9. The van der Waals surface area contributed by atoms with E-state index in [1.165, 1.54) is 14.7 Å². The molecule has 3 aromatic carbocycles. The quantitative estimate of drug-likeness (QED) is 0.0289. The number of carbonyl (C=O) groups is 6. The van der Waals surface area contributed by atoms with Gasteiger partial charge in [-0.25, -0.2) is 0 Å². The van der Waals surface area contributed by atoms with Crippen LogP contribution in [0.1, 0.15) is 62.1 Å². The molecule has 1 aliphatic rings. The molecule has 6 amide bonds. The van der Waals surface area contributed by atoms with Crippen LogP contribution in [0.3, 0.4) is 0 Å². The van der Waals surface area contributed by atoms with Crippen LogP contribution in [0, 0.1) is 32.1 Å². The molecule has 3 aromatic rings. The van der Waals surface area contributed by atoms with Gasteiger partial charge in [0.1, 0.15) is 37.1 Å². The molecular weight excluding hydrogens is 2330 g/mol. The molecule has 39 heteroatoms. The van der Waals surface area contributed by atoms with Crippen molar-refractivity contribution in [1.29, 1.82) is 0 Å². The van der Waals surface area contributed by atoms with Gasteiger partial charge in [0.05, 0.1) is 212 Å². The lowest BCUT2D eigenvalue weighted by Gasteiger charge is -2.29. The monoisotopic (exact) mass is 2410 g/mol. The van der Waals surface area contributed by atoms with E-state index in [2.05, 4.69) is 16.0 Å². The normalized spacial score (nSPS) is 12.9. The van der Waals surface area contributed by atoms with Crippen molar-refractivity contribution in [3.8, 4) is 17.2 Å². The van der Waals surface area contributed by atoms with Crippen LogP contribution in [0.25, 0.3) is 0 Å². The number of nitrogens with zero attached hydrogens (tertiary/aromatic N) is 3. The molecule has 30 nitrogen and oxygen atoms in total. The number of nitrogens with one attached hydrogen (secondary N) is 3. The number of amides is 6. The van der Waals surface area contributed by atoms with Crippen molar-refractivity contribution < 1.29 is 116 Å². The highest BCUT2D eigenvalue weighted by atomic mass is 127. The summed E-state index contributed by atoms with van der Waals surface area (Å²) in [6.45, 7) is -1.01. The minimum Gasteiger partial charge on any atom is -0.489 e. The summed E-state index contributed by atoms with van der Waals surface area (Å²) in [5.74, 6) is -3.81. The number of carbonyl (C=O) groups excluding carboxylic acids is 6. The number of methoxy groups -OCH3 is 3. The molecule has 0 aromatic heterocycles. The zero-order valence-electron chi connectivity index (χ0n) is 54.2. The molecule has 4 rings (SSSR count). The Hall–Kier alpha value is -0.150. The second-order valence-electron chi connectivity index (χ2n) is 20.7. The van der Waals surface area contributed by atoms with Crippen LogP contribution < -0.4 is 30.2 Å². The molecule has 1 fully saturated rings. The van der Waals surface area contributed by atoms with Crippen LogP contribution in [-0.2, 0) is 42.6 Å². The number of benzene rings is 3. The Balaban J connectivity index is 1.99. The summed E-state index contributed by atoms with van der Waals surface area (Å²) in [7, 11) is 4.68. The van der Waals surface area contributed by atoms with E-state index in [1.807, 2.05) is 203 Å². The number of ether oxygens (including phenoxy) is 12. The molecule has 99 heavy (non-hydrogen) atoms. The van der Waals surface area contributed by atoms with Gasteiger partial charge in [-0.1, -0.05) is 0 Å². The first kappa shape index (κ1) is 91.2. The topological polar surface area (TPSA) is 380 Å². The molecule has 9 N–H and O–H groups in total. The first-order chi connectivity index (χ1) is 47.6. The van der Waals surface area contributed by atoms with E-state index in [9.17, 15) is 45.0 Å². The van der Waals surface area contributed by atoms with Gasteiger partial charge in [0, 0.05) is 71.3 Å². The molecule has 0 spiro atoms. The Kier molecular flexibility index (Phi) is 46.5. The van der Waals surface area contributed by atoms with Crippen LogP contribution in [0.4, 0.5) is 0 Å². The maximum Gasteiger partial charge on any atom is 0.256 e. The third-order valence-corrected chi connectivity index (χ3v) is 23.5. The Morgan fingerprint density at radius 3 is 0.677 bits per heavy atom. The van der Waals surface area contributed by atoms with E-state index in [-0.39, 0.29) is 191 Å². The number of hydrogen-bond acceptors (Lipinski definition) is 24. The lowest BCUT2D eigenvalue weighted by Crippen LogP contribution is -2.43. The second-order valence-corrected chi connectivity index (χ2v) is 30.5. The van der Waals surface area contributed by atoms with Gasteiger partial charge in [-0.3, -0.25) is 28.8 Å². The third kappa shape index (κ3) is 27.8. The van der Waals surface area contributed by atoms with E-state index in [0.29, 0.717) is 50.4 Å². The van der Waals surface area contributed by atoms with Crippen LogP contribution >= 0.6 is 203 Å². The van der Waals surface area contributed by atoms with Crippen molar-refractivity contribution in [1.82, 2.24) is 30.7 Å². The fraction of sp³-hybridized carbons (Fsp3) is 0.600. The number of aliphatic hydroxyl groups is 6. The van der Waals surface area contributed by atoms with Gasteiger partial charge in [0.15, 0.2) is 0 Å². The van der Waals surface area contributed by atoms with Crippen molar-refractivity contribution in [3.63, 3.8) is 0 Å². The lowest BCUT2D eigenvalue weighted by atomic mass is 10.1. The van der Waals surface area contributed by atoms with Crippen molar-refractivity contribution >= 4 is 239 Å². The Bertz CT molecular complexity index is 2780. The zero-order valence-corrected chi connectivity index (χ0v) is 73.6. The first-order valence-corrected chi connectivity index (χ1v) is 40.2. The van der Waals surface area contributed by atoms with E-state index in [1.54, 1.807) is 21.3 Å². The van der Waals surface area contributed by atoms with E-state index < -0.39 is 93.2 Å². The van der Waals surface area contributed by atoms with Gasteiger partial charge in [0.25, 0.3) is 35.4 Å². The standard InChI is InChI=1S/C60H81I9N6O24/c1-88-10-13-91-16-19-94-22-25-97-52-46(64)37(55(82)70-34(28-76)29-77)43(61)40(49(52)67)58(85)73-4-6-74(59(86)41-44(62)38(56(83)71-35(30-78)31-79)47(65)53(50(41)68)98-26-23-95-20-17-92-14-11-89-2)8-9-75(7-5-73)60(87)42-45(63)39(57(84)72-36(32-80)33-81)48(66)54(51(42)69)99-27-24-96-21-18-93-15-12-90-3/h34-36,76-81H,4-33H2,1-3H3,(H,70,82)(H,71,83)(H,72,84). The fourth-order valence-electron chi connectivity index (χ4n) is 8.83. The fourth-order valence-corrected chi connectivity index (χ4v) is 22.1. The van der Waals surface area contributed by atoms with Crippen LogP contribution in [0.5, 0.6) is 17.2 Å². The first-order valence-electron chi connectivity index (χ1n) is 30.5. The number of hydrogen-bond donors (Lipinski definition) is 9. The highest BCUT2D eigenvalue weighted by Crippen LogP contribution is 2.42. The minimum atomic E-state index is -1.08. The Morgan fingerprint density at radius 2 is 0.485 bits per heavy atom. The van der Waals surface area contributed by atoms with Gasteiger partial charge >= 0.3 is 0 Å². The van der Waals surface area contributed by atoms with Crippen molar-refractivity contribution in [2.45, 2.75) is 18.1 Å². The van der Waals surface area contributed by atoms with E-state index in [4.69, 9.17) is 56.8 Å². The zero-order chi connectivity index (χ0) is 73.1. The van der Waals surface area contributed by atoms with Crippen LogP contribution in [0.15, 0.2) is 0 Å². The molecule has 0 saturated carbocycles. The summed E-state index contributed by atoms with van der Waals surface area (Å²) in [6.07, 6.45) is 0. The smallest absolute Gasteiger partial charge is 0.256 e. The third-order valence-electron chi connectivity index (χ3n) is 14.1. The average Bonchev–Trinajstić information content (AvgIpc) is 1.16. The van der Waals surface area contributed by atoms with Gasteiger partial charge < -0.3 is 118 Å². The summed E-state index contributed by atoms with van der Waals surface area (Å²) in [5, 5.41) is 68.3. The molecule has 558 valence electrons. The number of rotatable bonds is 45. The molecule has 1 aliphatic heterocycles. The molecule has 1 saturated heterocycles. The minimum absolute atomic E-state index is 0.000416. The largest absolute Gasteiger partial charge is 0.489 e. The molecule has 0 radical (unpaired) electrons. The average molecular weight is 2410 g/mol. The predicted molar refractivity (Wildman–Crippen MR) is 435 cm³/mol. The summed E-state index contributed by atoms with van der Waals surface area (Å²) in [5.41, 5.74) is -0.0424. The maximum atomic E-state index is 15.9.